The number of rotatable bonds is 6. The Kier molecular flexibility index (Phi) is 5.81. The van der Waals surface area contributed by atoms with Crippen molar-refractivity contribution in [3.63, 3.8) is 0 Å². The van der Waals surface area contributed by atoms with Crippen LogP contribution in [0.3, 0.4) is 0 Å². The van der Waals surface area contributed by atoms with Gasteiger partial charge >= 0.3 is 0 Å². The molecule has 0 radical (unpaired) electrons. The molecular formula is C17H19BrN2O. The number of carbonyl (C=O) groups is 1. The van der Waals surface area contributed by atoms with Crippen molar-refractivity contribution >= 4 is 33.2 Å². The van der Waals surface area contributed by atoms with Gasteiger partial charge in [-0.15, -0.1) is 0 Å². The maximum Gasteiger partial charge on any atom is 0.243 e. The molecule has 1 amide bonds. The summed E-state index contributed by atoms with van der Waals surface area (Å²) in [6.07, 6.45) is 2.23. The Hall–Kier alpha value is -1.81. The predicted molar refractivity (Wildman–Crippen MR) is 91.7 cm³/mol. The van der Waals surface area contributed by atoms with Crippen LogP contribution >= 0.6 is 15.9 Å². The smallest absolute Gasteiger partial charge is 0.243 e. The molecule has 0 atom stereocenters. The molecule has 0 aliphatic rings. The number of hydrogen-bond acceptors (Lipinski definition) is 2. The summed E-state index contributed by atoms with van der Waals surface area (Å²) in [5.41, 5.74) is 3.08. The molecule has 4 heteroatoms. The highest BCUT2D eigenvalue weighted by molar-refractivity contribution is 9.10. The molecule has 0 aliphatic heterocycles. The second-order valence-corrected chi connectivity index (χ2v) is 5.77. The Morgan fingerprint density at radius 1 is 1.00 bits per heavy atom. The van der Waals surface area contributed by atoms with Gasteiger partial charge in [0.15, 0.2) is 0 Å². The first-order valence-corrected chi connectivity index (χ1v) is 7.85. The Balaban J connectivity index is 1.81. The van der Waals surface area contributed by atoms with E-state index < -0.39 is 0 Å². The monoisotopic (exact) mass is 346 g/mol. The van der Waals surface area contributed by atoms with E-state index in [1.54, 1.807) is 0 Å². The number of amides is 1. The van der Waals surface area contributed by atoms with Gasteiger partial charge in [0.05, 0.1) is 6.54 Å². The number of nitrogens with one attached hydrogen (secondary N) is 2. The van der Waals surface area contributed by atoms with Crippen molar-refractivity contribution in [2.24, 2.45) is 0 Å². The molecule has 2 N–H and O–H groups in total. The third-order valence-electron chi connectivity index (χ3n) is 3.07. The summed E-state index contributed by atoms with van der Waals surface area (Å²) in [6.45, 7) is 2.42. The fraction of sp³-hybridized carbons (Fsp3) is 0.235. The molecule has 2 aromatic rings. The lowest BCUT2D eigenvalue weighted by Crippen LogP contribution is -2.21. The lowest BCUT2D eigenvalue weighted by atomic mass is 10.1. The first kappa shape index (κ1) is 15.6. The van der Waals surface area contributed by atoms with Crippen molar-refractivity contribution < 1.29 is 4.79 Å². The van der Waals surface area contributed by atoms with Crippen LogP contribution in [-0.4, -0.2) is 12.5 Å². The van der Waals surface area contributed by atoms with E-state index in [1.165, 1.54) is 5.56 Å². The highest BCUT2D eigenvalue weighted by Crippen LogP contribution is 2.14. The summed E-state index contributed by atoms with van der Waals surface area (Å²) < 4.78 is 0.991. The Morgan fingerprint density at radius 3 is 2.24 bits per heavy atom. The lowest BCUT2D eigenvalue weighted by molar-refractivity contribution is -0.114. The highest BCUT2D eigenvalue weighted by atomic mass is 79.9. The number of carbonyl (C=O) groups excluding carboxylic acids is 1. The number of benzene rings is 2. The van der Waals surface area contributed by atoms with Crippen LogP contribution in [0.15, 0.2) is 53.0 Å². The SMILES string of the molecule is CCCc1ccc(NCC(=O)Nc2ccc(Br)cc2)cc1. The summed E-state index contributed by atoms with van der Waals surface area (Å²) in [5.74, 6) is -0.0602. The van der Waals surface area contributed by atoms with Gasteiger partial charge in [0.25, 0.3) is 0 Å². The van der Waals surface area contributed by atoms with Crippen LogP contribution in [0.2, 0.25) is 0 Å². The van der Waals surface area contributed by atoms with Crippen LogP contribution in [0, 0.1) is 0 Å². The zero-order chi connectivity index (χ0) is 15.1. The van der Waals surface area contributed by atoms with Crippen molar-refractivity contribution in [3.05, 3.63) is 58.6 Å². The minimum atomic E-state index is -0.0602. The largest absolute Gasteiger partial charge is 0.376 e. The van der Waals surface area contributed by atoms with Crippen molar-refractivity contribution in [2.75, 3.05) is 17.2 Å². The number of anilines is 2. The van der Waals surface area contributed by atoms with Crippen molar-refractivity contribution in [1.29, 1.82) is 0 Å². The fourth-order valence-electron chi connectivity index (χ4n) is 2.00. The van der Waals surface area contributed by atoms with Crippen LogP contribution in [-0.2, 0) is 11.2 Å². The van der Waals surface area contributed by atoms with Crippen LogP contribution in [0.1, 0.15) is 18.9 Å². The third kappa shape index (κ3) is 5.23. The molecule has 21 heavy (non-hydrogen) atoms. The number of hydrogen-bond donors (Lipinski definition) is 2. The molecule has 0 saturated heterocycles. The zero-order valence-corrected chi connectivity index (χ0v) is 13.6. The Labute approximate surface area is 133 Å². The van der Waals surface area contributed by atoms with Gasteiger partial charge < -0.3 is 10.6 Å². The normalized spacial score (nSPS) is 10.2. The molecule has 0 spiro atoms. The highest BCUT2D eigenvalue weighted by Gasteiger charge is 2.02. The van der Waals surface area contributed by atoms with Gasteiger partial charge in [0.2, 0.25) is 5.91 Å². The van der Waals surface area contributed by atoms with E-state index in [-0.39, 0.29) is 12.5 Å². The van der Waals surface area contributed by atoms with Gasteiger partial charge in [-0.3, -0.25) is 4.79 Å². The van der Waals surface area contributed by atoms with Crippen molar-refractivity contribution in [1.82, 2.24) is 0 Å². The Morgan fingerprint density at radius 2 is 1.62 bits per heavy atom. The van der Waals surface area contributed by atoms with Crippen molar-refractivity contribution in [3.8, 4) is 0 Å². The van der Waals surface area contributed by atoms with Gasteiger partial charge in [-0.05, 0) is 48.4 Å². The average Bonchev–Trinajstić information content (AvgIpc) is 2.49. The Bertz CT molecular complexity index is 579. The molecular weight excluding hydrogens is 328 g/mol. The lowest BCUT2D eigenvalue weighted by Gasteiger charge is -2.08. The molecule has 0 unspecified atom stereocenters. The topological polar surface area (TPSA) is 41.1 Å². The second kappa shape index (κ2) is 7.84. The first-order valence-electron chi connectivity index (χ1n) is 7.05. The minimum Gasteiger partial charge on any atom is -0.376 e. The van der Waals surface area contributed by atoms with E-state index >= 15 is 0 Å². The molecule has 0 aromatic heterocycles. The van der Waals surface area contributed by atoms with E-state index in [4.69, 9.17) is 0 Å². The van der Waals surface area contributed by atoms with Gasteiger partial charge in [0, 0.05) is 15.8 Å². The summed E-state index contributed by atoms with van der Waals surface area (Å²) in [7, 11) is 0. The summed E-state index contributed by atoms with van der Waals surface area (Å²) >= 11 is 3.36. The molecule has 0 bridgehead atoms. The quantitative estimate of drug-likeness (QED) is 0.810. The molecule has 110 valence electrons. The molecule has 3 nitrogen and oxygen atoms in total. The molecule has 0 aliphatic carbocycles. The maximum atomic E-state index is 11.9. The second-order valence-electron chi connectivity index (χ2n) is 4.86. The van der Waals surface area contributed by atoms with Crippen molar-refractivity contribution in [2.45, 2.75) is 19.8 Å². The molecule has 0 heterocycles. The maximum absolute atomic E-state index is 11.9. The first-order chi connectivity index (χ1) is 10.2. The summed E-state index contributed by atoms with van der Waals surface area (Å²) in [6, 6.07) is 15.7. The van der Waals surface area contributed by atoms with Gasteiger partial charge in [0.1, 0.15) is 0 Å². The fourth-order valence-corrected chi connectivity index (χ4v) is 2.26. The van der Waals surface area contributed by atoms with E-state index in [1.807, 2.05) is 36.4 Å². The third-order valence-corrected chi connectivity index (χ3v) is 3.60. The van der Waals surface area contributed by atoms with Gasteiger partial charge in [-0.25, -0.2) is 0 Å². The predicted octanol–water partition coefficient (Wildman–Crippen LogP) is 4.45. The van der Waals surface area contributed by atoms with Crippen LogP contribution in [0.4, 0.5) is 11.4 Å². The standard InChI is InChI=1S/C17H19BrN2O/c1-2-3-13-4-8-15(9-5-13)19-12-17(21)20-16-10-6-14(18)7-11-16/h4-11,19H,2-3,12H2,1H3,(H,20,21). The molecule has 0 fully saturated rings. The zero-order valence-electron chi connectivity index (χ0n) is 12.0. The summed E-state index contributed by atoms with van der Waals surface area (Å²) in [4.78, 5) is 11.9. The molecule has 0 saturated carbocycles. The number of halogens is 1. The van der Waals surface area contributed by atoms with Crippen LogP contribution in [0.25, 0.3) is 0 Å². The van der Waals surface area contributed by atoms with Gasteiger partial charge in [-0.1, -0.05) is 41.4 Å². The van der Waals surface area contributed by atoms with Crippen LogP contribution in [0.5, 0.6) is 0 Å². The average molecular weight is 347 g/mol. The van der Waals surface area contributed by atoms with E-state index in [2.05, 4.69) is 45.6 Å². The molecule has 2 aromatic carbocycles. The van der Waals surface area contributed by atoms with E-state index in [0.29, 0.717) is 0 Å². The molecule has 2 rings (SSSR count). The number of aryl methyl sites for hydroxylation is 1. The van der Waals surface area contributed by atoms with Crippen LogP contribution < -0.4 is 10.6 Å². The van der Waals surface area contributed by atoms with Gasteiger partial charge in [-0.2, -0.15) is 0 Å². The minimum absolute atomic E-state index is 0.0602. The van der Waals surface area contributed by atoms with E-state index in [0.717, 1.165) is 28.7 Å². The summed E-state index contributed by atoms with van der Waals surface area (Å²) in [5, 5.41) is 5.97. The van der Waals surface area contributed by atoms with E-state index in [9.17, 15) is 4.79 Å².